The number of aliphatic hydroxyl groups excluding tert-OH is 5. The molecule has 0 bridgehead atoms. The standard InChI is InChI=1S/C80H151NO10/c1-3-5-7-9-11-13-14-15-41-45-48-52-56-60-64-68-76(85)89-69-65-61-57-53-49-46-43-40-38-36-34-32-30-28-26-24-22-20-18-16-17-19-21-23-25-27-29-31-33-35-37-39-42-44-47-51-55-59-63-67-75(84)81-72(73(83)66-62-58-54-50-12-10-8-6-4-2)71-90-80-79(88)78(87)77(86)74(70-82)91-80/h15-17,41,62,66,72-74,77-80,82-83,86-88H,3-14,18-40,42-61,63-65,67-71H2,1-2H3,(H,81,84)/b17-16-,41-15-,66-62+. The van der Waals surface area contributed by atoms with E-state index in [0.29, 0.717) is 19.4 Å². The molecule has 7 atom stereocenters. The average molecular weight is 1290 g/mol. The normalized spacial score (nSPS) is 17.7. The summed E-state index contributed by atoms with van der Waals surface area (Å²) in [5.74, 6) is -0.168. The molecule has 91 heavy (non-hydrogen) atoms. The van der Waals surface area contributed by atoms with Crippen LogP contribution in [0.1, 0.15) is 399 Å². The van der Waals surface area contributed by atoms with Gasteiger partial charge in [0.15, 0.2) is 6.29 Å². The molecule has 536 valence electrons. The Morgan fingerprint density at radius 2 is 0.703 bits per heavy atom. The van der Waals surface area contributed by atoms with Crippen LogP contribution in [-0.4, -0.2) is 100 Å². The van der Waals surface area contributed by atoms with Gasteiger partial charge in [-0.3, -0.25) is 9.59 Å². The molecule has 0 saturated carbocycles. The van der Waals surface area contributed by atoms with Gasteiger partial charge in [0.05, 0.1) is 32.0 Å². The maximum Gasteiger partial charge on any atom is 0.305 e. The zero-order valence-corrected chi connectivity index (χ0v) is 59.8. The molecule has 1 aliphatic rings. The van der Waals surface area contributed by atoms with Gasteiger partial charge < -0.3 is 45.1 Å². The predicted octanol–water partition coefficient (Wildman–Crippen LogP) is 21.3. The number of rotatable bonds is 71. The number of unbranched alkanes of at least 4 members (excludes halogenated alkanes) is 53. The number of hydrogen-bond acceptors (Lipinski definition) is 10. The highest BCUT2D eigenvalue weighted by atomic mass is 16.7. The van der Waals surface area contributed by atoms with Crippen LogP contribution < -0.4 is 5.32 Å². The molecule has 1 fully saturated rings. The Morgan fingerprint density at radius 3 is 1.05 bits per heavy atom. The first kappa shape index (κ1) is 86.9. The van der Waals surface area contributed by atoms with E-state index < -0.39 is 49.5 Å². The topological polar surface area (TPSA) is 175 Å². The van der Waals surface area contributed by atoms with Gasteiger partial charge in [-0.25, -0.2) is 0 Å². The lowest BCUT2D eigenvalue weighted by molar-refractivity contribution is -0.302. The van der Waals surface area contributed by atoms with E-state index in [1.807, 2.05) is 6.08 Å². The molecule has 11 heteroatoms. The fraction of sp³-hybridized carbons (Fsp3) is 0.900. The van der Waals surface area contributed by atoms with Crippen LogP contribution in [0.4, 0.5) is 0 Å². The Labute approximate surface area is 562 Å². The van der Waals surface area contributed by atoms with Crippen molar-refractivity contribution in [3.63, 3.8) is 0 Å². The predicted molar refractivity (Wildman–Crippen MR) is 384 cm³/mol. The van der Waals surface area contributed by atoms with Crippen LogP contribution >= 0.6 is 0 Å². The van der Waals surface area contributed by atoms with E-state index in [-0.39, 0.29) is 18.5 Å². The Hall–Kier alpha value is -2.12. The highest BCUT2D eigenvalue weighted by molar-refractivity contribution is 5.76. The molecule has 1 saturated heterocycles. The van der Waals surface area contributed by atoms with Gasteiger partial charge in [-0.15, -0.1) is 0 Å². The van der Waals surface area contributed by atoms with E-state index in [0.717, 1.165) is 57.8 Å². The molecule has 1 aliphatic heterocycles. The number of esters is 1. The largest absolute Gasteiger partial charge is 0.466 e. The molecule has 0 aromatic carbocycles. The summed E-state index contributed by atoms with van der Waals surface area (Å²) in [6, 6.07) is -0.805. The maximum absolute atomic E-state index is 13.0. The molecule has 0 spiro atoms. The zero-order valence-electron chi connectivity index (χ0n) is 59.8. The fourth-order valence-corrected chi connectivity index (χ4v) is 12.7. The molecule has 1 heterocycles. The lowest BCUT2D eigenvalue weighted by Crippen LogP contribution is -2.60. The van der Waals surface area contributed by atoms with Gasteiger partial charge in [0.25, 0.3) is 0 Å². The Bertz CT molecular complexity index is 1610. The first-order chi connectivity index (χ1) is 44.7. The average Bonchev–Trinajstić information content (AvgIpc) is 3.73. The third-order valence-electron chi connectivity index (χ3n) is 19.0. The van der Waals surface area contributed by atoms with Gasteiger partial charge in [0.1, 0.15) is 24.4 Å². The molecular weight excluding hydrogens is 1130 g/mol. The number of nitrogens with one attached hydrogen (secondary N) is 1. The minimum Gasteiger partial charge on any atom is -0.466 e. The van der Waals surface area contributed by atoms with Crippen molar-refractivity contribution in [2.24, 2.45) is 0 Å². The van der Waals surface area contributed by atoms with E-state index in [4.69, 9.17) is 14.2 Å². The third-order valence-corrected chi connectivity index (χ3v) is 19.0. The van der Waals surface area contributed by atoms with Crippen LogP contribution in [0, 0.1) is 0 Å². The SMILES string of the molecule is CCCCCCCC/C=C\CCCCCCCC(=O)OCCCCCCCCCCCCCCCCCCCC/C=C\CCCCCCCCCCCCCCCCCCCC(=O)NC(COC1OC(CO)C(O)C(O)C1O)C(O)/C=C/CCCCCCCCC. The maximum atomic E-state index is 13.0. The highest BCUT2D eigenvalue weighted by Crippen LogP contribution is 2.24. The van der Waals surface area contributed by atoms with E-state index in [9.17, 15) is 35.1 Å². The smallest absolute Gasteiger partial charge is 0.305 e. The van der Waals surface area contributed by atoms with Crippen molar-refractivity contribution in [2.75, 3.05) is 19.8 Å². The minimum absolute atomic E-state index is 0.00932. The van der Waals surface area contributed by atoms with E-state index in [1.165, 1.54) is 315 Å². The number of amides is 1. The molecule has 7 unspecified atom stereocenters. The number of ether oxygens (including phenoxy) is 3. The van der Waals surface area contributed by atoms with Crippen molar-refractivity contribution in [1.29, 1.82) is 0 Å². The highest BCUT2D eigenvalue weighted by Gasteiger charge is 2.44. The number of aliphatic hydroxyl groups is 5. The quantitative estimate of drug-likeness (QED) is 0.0195. The van der Waals surface area contributed by atoms with Crippen molar-refractivity contribution in [1.82, 2.24) is 5.32 Å². The lowest BCUT2D eigenvalue weighted by atomic mass is 9.99. The molecule has 0 aromatic rings. The number of hydrogen-bond donors (Lipinski definition) is 6. The number of carbonyl (C=O) groups is 2. The Balaban J connectivity index is 1.85. The van der Waals surface area contributed by atoms with Crippen molar-refractivity contribution in [3.8, 4) is 0 Å². The van der Waals surface area contributed by atoms with Crippen LogP contribution in [0.3, 0.4) is 0 Å². The van der Waals surface area contributed by atoms with Crippen LogP contribution in [0.25, 0.3) is 0 Å². The Morgan fingerprint density at radius 1 is 0.396 bits per heavy atom. The zero-order chi connectivity index (χ0) is 65.8. The van der Waals surface area contributed by atoms with Crippen LogP contribution in [0.15, 0.2) is 36.5 Å². The van der Waals surface area contributed by atoms with E-state index in [2.05, 4.69) is 43.5 Å². The van der Waals surface area contributed by atoms with Crippen LogP contribution in [0.5, 0.6) is 0 Å². The van der Waals surface area contributed by atoms with Gasteiger partial charge in [-0.2, -0.15) is 0 Å². The van der Waals surface area contributed by atoms with Crippen molar-refractivity contribution in [3.05, 3.63) is 36.5 Å². The summed E-state index contributed by atoms with van der Waals surface area (Å²) in [4.78, 5) is 25.1. The molecule has 1 amide bonds. The molecule has 11 nitrogen and oxygen atoms in total. The van der Waals surface area contributed by atoms with E-state index >= 15 is 0 Å². The second-order valence-electron chi connectivity index (χ2n) is 27.8. The molecule has 0 aromatic heterocycles. The first-order valence-electron chi connectivity index (χ1n) is 39.8. The second-order valence-corrected chi connectivity index (χ2v) is 27.8. The summed E-state index contributed by atoms with van der Waals surface area (Å²) < 4.78 is 16.7. The summed E-state index contributed by atoms with van der Waals surface area (Å²) in [5, 5.41) is 54.3. The van der Waals surface area contributed by atoms with E-state index in [1.54, 1.807) is 6.08 Å². The summed E-state index contributed by atoms with van der Waals surface area (Å²) in [7, 11) is 0. The summed E-state index contributed by atoms with van der Waals surface area (Å²) in [6.45, 7) is 4.35. The lowest BCUT2D eigenvalue weighted by Gasteiger charge is -2.40. The van der Waals surface area contributed by atoms with Gasteiger partial charge in [-0.05, 0) is 83.5 Å². The van der Waals surface area contributed by atoms with Crippen LogP contribution in [-0.2, 0) is 23.8 Å². The monoisotopic (exact) mass is 1290 g/mol. The van der Waals surface area contributed by atoms with Gasteiger partial charge in [-0.1, -0.05) is 339 Å². The summed E-state index contributed by atoms with van der Waals surface area (Å²) in [6.07, 6.45) is 80.6. The number of allylic oxidation sites excluding steroid dienone is 5. The van der Waals surface area contributed by atoms with Crippen molar-refractivity contribution < 1.29 is 49.3 Å². The number of carbonyl (C=O) groups excluding carboxylic acids is 2. The molecule has 6 N–H and O–H groups in total. The first-order valence-corrected chi connectivity index (χ1v) is 39.8. The molecular formula is C80H151NO10. The van der Waals surface area contributed by atoms with Crippen molar-refractivity contribution >= 4 is 11.9 Å². The second kappa shape index (κ2) is 69.2. The van der Waals surface area contributed by atoms with Gasteiger partial charge >= 0.3 is 5.97 Å². The van der Waals surface area contributed by atoms with Gasteiger partial charge in [0, 0.05) is 12.8 Å². The van der Waals surface area contributed by atoms with Gasteiger partial charge in [0.2, 0.25) is 5.91 Å². The summed E-state index contributed by atoms with van der Waals surface area (Å²) in [5.41, 5.74) is 0. The fourth-order valence-electron chi connectivity index (χ4n) is 12.7. The molecule has 0 aliphatic carbocycles. The third kappa shape index (κ3) is 57.8. The molecule has 1 rings (SSSR count). The van der Waals surface area contributed by atoms with Crippen LogP contribution in [0.2, 0.25) is 0 Å². The molecule has 0 radical (unpaired) electrons. The summed E-state index contributed by atoms with van der Waals surface area (Å²) >= 11 is 0. The minimum atomic E-state index is -1.57. The van der Waals surface area contributed by atoms with Crippen molar-refractivity contribution in [2.45, 2.75) is 442 Å². The Kier molecular flexibility index (Phi) is 66.1.